The number of amides is 1. The van der Waals surface area contributed by atoms with Crippen molar-refractivity contribution in [2.24, 2.45) is 0 Å². The van der Waals surface area contributed by atoms with Gasteiger partial charge in [0.25, 0.3) is 11.7 Å². The number of methoxy groups -OCH3 is 2. The van der Waals surface area contributed by atoms with Crippen molar-refractivity contribution in [2.45, 2.75) is 19.4 Å². The molecule has 8 nitrogen and oxygen atoms in total. The van der Waals surface area contributed by atoms with Crippen LogP contribution >= 0.6 is 0 Å². The summed E-state index contributed by atoms with van der Waals surface area (Å²) < 4.78 is 10.8. The van der Waals surface area contributed by atoms with Crippen LogP contribution in [0.15, 0.2) is 72.3 Å². The summed E-state index contributed by atoms with van der Waals surface area (Å²) in [6, 6.07) is 17.4. The van der Waals surface area contributed by atoms with Gasteiger partial charge in [0.2, 0.25) is 0 Å². The van der Waals surface area contributed by atoms with Gasteiger partial charge in [0, 0.05) is 16.8 Å². The summed E-state index contributed by atoms with van der Waals surface area (Å²) in [4.78, 5) is 39.1. The number of carbonyl (C=O) groups is 3. The lowest BCUT2D eigenvalue weighted by molar-refractivity contribution is -0.136. The standard InChI is InChI=1S/C28H25NO7/c1-16-14-19(35-2)12-13-20(16)26(32)24-25(21-6-4-5-7-22(21)36-3)29(28(34)27(24)33)18-10-8-17(9-11-18)15-23(30)31/h4-14,25,32H,15H2,1-3H3,(H,30,31)/b26-24+. The zero-order valence-electron chi connectivity index (χ0n) is 20.0. The highest BCUT2D eigenvalue weighted by atomic mass is 16.5. The average molecular weight is 488 g/mol. The number of carboxylic acid groups (broad SMARTS) is 1. The van der Waals surface area contributed by atoms with Gasteiger partial charge in [-0.25, -0.2) is 0 Å². The summed E-state index contributed by atoms with van der Waals surface area (Å²) >= 11 is 0. The summed E-state index contributed by atoms with van der Waals surface area (Å²) in [6.07, 6.45) is -0.175. The smallest absolute Gasteiger partial charge is 0.307 e. The number of carboxylic acids is 1. The van der Waals surface area contributed by atoms with Crippen molar-refractivity contribution in [1.29, 1.82) is 0 Å². The summed E-state index contributed by atoms with van der Waals surface area (Å²) in [5, 5.41) is 20.5. The van der Waals surface area contributed by atoms with Crippen molar-refractivity contribution in [3.63, 3.8) is 0 Å². The first kappa shape index (κ1) is 24.5. The lowest BCUT2D eigenvalue weighted by Gasteiger charge is -2.27. The number of anilines is 1. The van der Waals surface area contributed by atoms with E-state index in [1.54, 1.807) is 73.7 Å². The molecule has 1 heterocycles. The lowest BCUT2D eigenvalue weighted by atomic mass is 9.93. The van der Waals surface area contributed by atoms with Crippen molar-refractivity contribution in [2.75, 3.05) is 19.1 Å². The average Bonchev–Trinajstić information content (AvgIpc) is 3.13. The van der Waals surface area contributed by atoms with Crippen LogP contribution in [0.4, 0.5) is 5.69 Å². The van der Waals surface area contributed by atoms with Gasteiger partial charge in [0.05, 0.1) is 32.3 Å². The number of ketones is 1. The molecule has 1 unspecified atom stereocenters. The third-order valence-electron chi connectivity index (χ3n) is 6.14. The van der Waals surface area contributed by atoms with Crippen LogP contribution in [0.1, 0.15) is 28.3 Å². The Hall–Kier alpha value is -4.59. The second-order valence-corrected chi connectivity index (χ2v) is 8.33. The van der Waals surface area contributed by atoms with E-state index < -0.39 is 23.7 Å². The first-order chi connectivity index (χ1) is 17.3. The van der Waals surface area contributed by atoms with Gasteiger partial charge in [-0.3, -0.25) is 19.3 Å². The molecule has 184 valence electrons. The van der Waals surface area contributed by atoms with Crippen LogP contribution in [-0.4, -0.2) is 42.1 Å². The van der Waals surface area contributed by atoms with Gasteiger partial charge in [-0.15, -0.1) is 0 Å². The number of rotatable bonds is 7. The second-order valence-electron chi connectivity index (χ2n) is 8.33. The van der Waals surface area contributed by atoms with Crippen molar-refractivity contribution >= 4 is 29.1 Å². The zero-order valence-corrected chi connectivity index (χ0v) is 20.0. The number of hydrogen-bond acceptors (Lipinski definition) is 6. The molecule has 1 saturated heterocycles. The number of benzene rings is 3. The highest BCUT2D eigenvalue weighted by Gasteiger charge is 2.48. The highest BCUT2D eigenvalue weighted by molar-refractivity contribution is 6.51. The molecule has 4 rings (SSSR count). The maximum absolute atomic E-state index is 13.4. The fourth-order valence-electron chi connectivity index (χ4n) is 4.41. The molecule has 3 aromatic rings. The molecule has 0 aliphatic carbocycles. The number of para-hydroxylation sites is 1. The summed E-state index contributed by atoms with van der Waals surface area (Å²) in [5.74, 6) is -1.92. The van der Waals surface area contributed by atoms with Gasteiger partial charge in [-0.1, -0.05) is 30.3 Å². The Morgan fingerprint density at radius 3 is 2.25 bits per heavy atom. The van der Waals surface area contributed by atoms with Gasteiger partial charge in [0.15, 0.2) is 0 Å². The van der Waals surface area contributed by atoms with Crippen molar-refractivity contribution in [3.05, 3.63) is 94.6 Å². The fourth-order valence-corrected chi connectivity index (χ4v) is 4.41. The van der Waals surface area contributed by atoms with Crippen molar-refractivity contribution in [3.8, 4) is 11.5 Å². The number of hydrogen-bond donors (Lipinski definition) is 2. The molecule has 8 heteroatoms. The maximum atomic E-state index is 13.4. The van der Waals surface area contributed by atoms with Crippen LogP contribution < -0.4 is 14.4 Å². The van der Waals surface area contributed by atoms with Crippen LogP contribution in [-0.2, 0) is 20.8 Å². The number of aryl methyl sites for hydroxylation is 1. The molecule has 1 atom stereocenters. The largest absolute Gasteiger partial charge is 0.507 e. The molecule has 0 spiro atoms. The number of Topliss-reactive ketones (excluding diaryl/α,β-unsaturated/α-hetero) is 1. The molecule has 0 radical (unpaired) electrons. The van der Waals surface area contributed by atoms with E-state index in [0.717, 1.165) is 0 Å². The Morgan fingerprint density at radius 1 is 0.944 bits per heavy atom. The molecule has 1 aliphatic rings. The Kier molecular flexibility index (Phi) is 6.78. The van der Waals surface area contributed by atoms with Crippen molar-refractivity contribution in [1.82, 2.24) is 0 Å². The molecule has 0 saturated carbocycles. The van der Waals surface area contributed by atoms with E-state index in [1.807, 2.05) is 0 Å². The van der Waals surface area contributed by atoms with E-state index in [9.17, 15) is 19.5 Å². The minimum absolute atomic E-state index is 0.0765. The molecular weight excluding hydrogens is 462 g/mol. The minimum Gasteiger partial charge on any atom is -0.507 e. The molecular formula is C28H25NO7. The molecule has 0 bridgehead atoms. The number of aliphatic hydroxyl groups excluding tert-OH is 1. The summed E-state index contributed by atoms with van der Waals surface area (Å²) in [7, 11) is 3.02. The minimum atomic E-state index is -0.980. The first-order valence-electron chi connectivity index (χ1n) is 11.2. The molecule has 1 fully saturated rings. The highest BCUT2D eigenvalue weighted by Crippen LogP contribution is 2.45. The Balaban J connectivity index is 1.93. The SMILES string of the molecule is COc1ccc(/C(O)=C2\C(=O)C(=O)N(c3ccc(CC(=O)O)cc3)C2c2ccccc2OC)c(C)c1. The number of aliphatic hydroxyl groups is 1. The number of carbonyl (C=O) groups excluding carboxylic acids is 2. The monoisotopic (exact) mass is 487 g/mol. The zero-order chi connectivity index (χ0) is 26.0. The third-order valence-corrected chi connectivity index (χ3v) is 6.14. The third kappa shape index (κ3) is 4.40. The quantitative estimate of drug-likeness (QED) is 0.291. The predicted octanol–water partition coefficient (Wildman–Crippen LogP) is 4.27. The Bertz CT molecular complexity index is 1370. The number of aliphatic carboxylic acids is 1. The van der Waals surface area contributed by atoms with Gasteiger partial charge >= 0.3 is 5.97 Å². The van der Waals surface area contributed by atoms with Gasteiger partial charge in [0.1, 0.15) is 17.3 Å². The van der Waals surface area contributed by atoms with Crippen LogP contribution in [0, 0.1) is 6.92 Å². The van der Waals surface area contributed by atoms with E-state index in [1.165, 1.54) is 19.1 Å². The number of nitrogens with zero attached hydrogens (tertiary/aromatic N) is 1. The molecule has 1 aliphatic heterocycles. The summed E-state index contributed by atoms with van der Waals surface area (Å²) in [5.41, 5.74) is 2.42. The summed E-state index contributed by atoms with van der Waals surface area (Å²) in [6.45, 7) is 1.77. The first-order valence-corrected chi connectivity index (χ1v) is 11.2. The van der Waals surface area contributed by atoms with Crippen LogP contribution in [0.25, 0.3) is 5.76 Å². The van der Waals surface area contributed by atoms with Crippen molar-refractivity contribution < 1.29 is 34.1 Å². The van der Waals surface area contributed by atoms with Gasteiger partial charge in [-0.05, 0) is 54.4 Å². The predicted molar refractivity (Wildman–Crippen MR) is 133 cm³/mol. The van der Waals surface area contributed by atoms with Gasteiger partial charge in [-0.2, -0.15) is 0 Å². The van der Waals surface area contributed by atoms with Crippen LogP contribution in [0.3, 0.4) is 0 Å². The van der Waals surface area contributed by atoms with E-state index in [-0.39, 0.29) is 17.8 Å². The van der Waals surface area contributed by atoms with E-state index in [2.05, 4.69) is 0 Å². The molecule has 3 aromatic carbocycles. The Morgan fingerprint density at radius 2 is 1.64 bits per heavy atom. The van der Waals surface area contributed by atoms with Gasteiger partial charge < -0.3 is 19.7 Å². The molecule has 0 aromatic heterocycles. The number of ether oxygens (including phenoxy) is 2. The molecule has 36 heavy (non-hydrogen) atoms. The Labute approximate surface area is 208 Å². The second kappa shape index (κ2) is 9.95. The van der Waals surface area contributed by atoms with E-state index >= 15 is 0 Å². The normalized spacial score (nSPS) is 16.8. The van der Waals surface area contributed by atoms with Crippen LogP contribution in [0.2, 0.25) is 0 Å². The van der Waals surface area contributed by atoms with E-state index in [4.69, 9.17) is 14.6 Å². The van der Waals surface area contributed by atoms with Crippen LogP contribution in [0.5, 0.6) is 11.5 Å². The van der Waals surface area contributed by atoms with E-state index in [0.29, 0.717) is 39.4 Å². The maximum Gasteiger partial charge on any atom is 0.307 e. The molecule has 2 N–H and O–H groups in total. The molecule has 1 amide bonds. The fraction of sp³-hybridized carbons (Fsp3) is 0.179. The topological polar surface area (TPSA) is 113 Å². The lowest BCUT2D eigenvalue weighted by Crippen LogP contribution is -2.29.